The van der Waals surface area contributed by atoms with Crippen LogP contribution < -0.4 is 4.31 Å². The van der Waals surface area contributed by atoms with Crippen LogP contribution in [0.15, 0.2) is 57.9 Å². The predicted molar refractivity (Wildman–Crippen MR) is 85.8 cm³/mol. The van der Waals surface area contributed by atoms with Crippen molar-refractivity contribution in [2.75, 3.05) is 10.8 Å². The van der Waals surface area contributed by atoms with E-state index in [0.29, 0.717) is 17.3 Å². The minimum atomic E-state index is -3.56. The van der Waals surface area contributed by atoms with Gasteiger partial charge in [-0.1, -0.05) is 27.5 Å². The molecule has 0 heterocycles. The average molecular weight is 375 g/mol. The van der Waals surface area contributed by atoms with Gasteiger partial charge in [-0.2, -0.15) is 0 Å². The lowest BCUT2D eigenvalue weighted by Crippen LogP contribution is -2.30. The smallest absolute Gasteiger partial charge is 0.264 e. The molecule has 0 bridgehead atoms. The first-order valence-corrected chi connectivity index (χ1v) is 8.60. The number of sulfonamides is 1. The summed E-state index contributed by atoms with van der Waals surface area (Å²) in [5.74, 6) is 0. The van der Waals surface area contributed by atoms with E-state index < -0.39 is 10.0 Å². The number of benzene rings is 2. The first-order chi connectivity index (χ1) is 9.45. The summed E-state index contributed by atoms with van der Waals surface area (Å²) in [4.78, 5) is 0.262. The molecule has 0 unspecified atom stereocenters. The van der Waals surface area contributed by atoms with E-state index in [2.05, 4.69) is 15.9 Å². The van der Waals surface area contributed by atoms with E-state index >= 15 is 0 Å². The molecule has 0 aliphatic carbocycles. The summed E-state index contributed by atoms with van der Waals surface area (Å²) in [6.45, 7) is 2.14. The van der Waals surface area contributed by atoms with Gasteiger partial charge < -0.3 is 0 Å². The fourth-order valence-corrected chi connectivity index (χ4v) is 3.70. The molecule has 0 aliphatic heterocycles. The Hall–Kier alpha value is -1.04. The quantitative estimate of drug-likeness (QED) is 0.799. The second-order valence-electron chi connectivity index (χ2n) is 4.10. The molecule has 0 saturated heterocycles. The van der Waals surface area contributed by atoms with Crippen molar-refractivity contribution in [2.24, 2.45) is 0 Å². The van der Waals surface area contributed by atoms with Crippen LogP contribution in [0.4, 0.5) is 5.69 Å². The van der Waals surface area contributed by atoms with Crippen LogP contribution in [0.25, 0.3) is 0 Å². The number of hydrogen-bond acceptors (Lipinski definition) is 2. The van der Waals surface area contributed by atoms with Gasteiger partial charge in [-0.3, -0.25) is 4.31 Å². The molecule has 0 aromatic heterocycles. The molecule has 0 atom stereocenters. The third-order valence-electron chi connectivity index (χ3n) is 2.80. The van der Waals surface area contributed by atoms with Crippen LogP contribution in [0.5, 0.6) is 0 Å². The number of hydrogen-bond donors (Lipinski definition) is 0. The molecule has 0 aliphatic rings. The zero-order valence-corrected chi connectivity index (χ0v) is 13.9. The van der Waals surface area contributed by atoms with Crippen molar-refractivity contribution in [2.45, 2.75) is 11.8 Å². The molecule has 2 aromatic carbocycles. The van der Waals surface area contributed by atoms with E-state index in [-0.39, 0.29) is 4.90 Å². The monoisotopic (exact) mass is 373 g/mol. The summed E-state index contributed by atoms with van der Waals surface area (Å²) in [5.41, 5.74) is 0.597. The van der Waals surface area contributed by atoms with Crippen LogP contribution in [0.2, 0.25) is 5.02 Å². The Labute approximate surface area is 132 Å². The molecule has 3 nitrogen and oxygen atoms in total. The van der Waals surface area contributed by atoms with E-state index in [1.165, 1.54) is 4.31 Å². The highest BCUT2D eigenvalue weighted by Crippen LogP contribution is 2.25. The topological polar surface area (TPSA) is 37.4 Å². The maximum absolute atomic E-state index is 12.6. The Bertz CT molecular complexity index is 684. The van der Waals surface area contributed by atoms with Gasteiger partial charge in [0.25, 0.3) is 10.0 Å². The normalized spacial score (nSPS) is 11.3. The molecule has 6 heteroatoms. The summed E-state index contributed by atoms with van der Waals surface area (Å²) in [6.07, 6.45) is 0. The average Bonchev–Trinajstić information content (AvgIpc) is 2.42. The highest BCUT2D eigenvalue weighted by atomic mass is 79.9. The van der Waals surface area contributed by atoms with E-state index in [9.17, 15) is 8.42 Å². The minimum Gasteiger partial charge on any atom is -0.267 e. The van der Waals surface area contributed by atoms with Crippen molar-refractivity contribution < 1.29 is 8.42 Å². The molecule has 0 fully saturated rings. The molecule has 0 amide bonds. The molecule has 0 N–H and O–H groups in total. The van der Waals surface area contributed by atoms with Crippen LogP contribution in [-0.4, -0.2) is 15.0 Å². The van der Waals surface area contributed by atoms with Gasteiger partial charge in [0.1, 0.15) is 0 Å². The number of halogens is 2. The van der Waals surface area contributed by atoms with E-state index in [1.54, 1.807) is 55.5 Å². The van der Waals surface area contributed by atoms with Crippen molar-refractivity contribution in [1.29, 1.82) is 0 Å². The Kier molecular flexibility index (Phi) is 4.73. The third kappa shape index (κ3) is 3.16. The summed E-state index contributed by atoms with van der Waals surface area (Å²) < 4.78 is 27.5. The standard InChI is InChI=1S/C14H13BrClNO2S/c1-2-17(13-7-5-12(16)6-8-13)20(18,19)14-9-3-11(15)4-10-14/h3-10H,2H2,1H3. The maximum Gasteiger partial charge on any atom is 0.264 e. The molecule has 2 rings (SSSR count). The largest absolute Gasteiger partial charge is 0.267 e. The molecule has 106 valence electrons. The number of nitrogens with zero attached hydrogens (tertiary/aromatic N) is 1. The summed E-state index contributed by atoms with van der Waals surface area (Å²) in [5, 5.41) is 0.575. The molecule has 2 aromatic rings. The Morgan fingerprint density at radius 3 is 2.10 bits per heavy atom. The number of rotatable bonds is 4. The SMILES string of the molecule is CCN(c1ccc(Cl)cc1)S(=O)(=O)c1ccc(Br)cc1. The second kappa shape index (κ2) is 6.16. The number of anilines is 1. The summed E-state index contributed by atoms with van der Waals surface area (Å²) >= 11 is 9.13. The fraction of sp³-hybridized carbons (Fsp3) is 0.143. The molecular formula is C14H13BrClNO2S. The molecule has 0 spiro atoms. The third-order valence-corrected chi connectivity index (χ3v) is 5.50. The lowest BCUT2D eigenvalue weighted by atomic mass is 10.3. The molecule has 0 radical (unpaired) electrons. The first-order valence-electron chi connectivity index (χ1n) is 5.99. The minimum absolute atomic E-state index is 0.262. The zero-order valence-electron chi connectivity index (χ0n) is 10.8. The van der Waals surface area contributed by atoms with Crippen LogP contribution in [-0.2, 0) is 10.0 Å². The van der Waals surface area contributed by atoms with Crippen molar-refractivity contribution in [3.8, 4) is 0 Å². The van der Waals surface area contributed by atoms with Gasteiger partial charge in [-0.25, -0.2) is 8.42 Å². The lowest BCUT2D eigenvalue weighted by molar-refractivity contribution is 0.592. The van der Waals surface area contributed by atoms with Crippen LogP contribution in [0.3, 0.4) is 0 Å². The lowest BCUT2D eigenvalue weighted by Gasteiger charge is -2.23. The van der Waals surface area contributed by atoms with Gasteiger partial charge >= 0.3 is 0 Å². The van der Waals surface area contributed by atoms with Crippen LogP contribution in [0.1, 0.15) is 6.92 Å². The van der Waals surface area contributed by atoms with Crippen LogP contribution in [0, 0.1) is 0 Å². The summed E-state index contributed by atoms with van der Waals surface area (Å²) in [7, 11) is -3.56. The molecule has 0 saturated carbocycles. The van der Waals surface area contributed by atoms with Gasteiger partial charge in [-0.15, -0.1) is 0 Å². The second-order valence-corrected chi connectivity index (χ2v) is 7.31. The van der Waals surface area contributed by atoms with Crippen molar-refractivity contribution in [3.63, 3.8) is 0 Å². The van der Waals surface area contributed by atoms with Crippen molar-refractivity contribution in [1.82, 2.24) is 0 Å². The molecular weight excluding hydrogens is 362 g/mol. The van der Waals surface area contributed by atoms with Gasteiger partial charge in [0.05, 0.1) is 10.6 Å². The van der Waals surface area contributed by atoms with Gasteiger partial charge in [0, 0.05) is 16.0 Å². The summed E-state index contributed by atoms with van der Waals surface area (Å²) in [6, 6.07) is 13.3. The predicted octanol–water partition coefficient (Wildman–Crippen LogP) is 4.32. The van der Waals surface area contributed by atoms with Crippen molar-refractivity contribution >= 4 is 43.2 Å². The van der Waals surface area contributed by atoms with Gasteiger partial charge in [-0.05, 0) is 55.5 Å². The van der Waals surface area contributed by atoms with Gasteiger partial charge in [0.2, 0.25) is 0 Å². The fourth-order valence-electron chi connectivity index (χ4n) is 1.83. The highest BCUT2D eigenvalue weighted by Gasteiger charge is 2.23. The maximum atomic E-state index is 12.6. The molecule has 20 heavy (non-hydrogen) atoms. The Morgan fingerprint density at radius 2 is 1.60 bits per heavy atom. The highest BCUT2D eigenvalue weighted by molar-refractivity contribution is 9.10. The zero-order chi connectivity index (χ0) is 14.8. The van der Waals surface area contributed by atoms with Gasteiger partial charge in [0.15, 0.2) is 0 Å². The van der Waals surface area contributed by atoms with E-state index in [0.717, 1.165) is 4.47 Å². The Morgan fingerprint density at radius 1 is 1.05 bits per heavy atom. The first kappa shape index (κ1) is 15.4. The van der Waals surface area contributed by atoms with Crippen LogP contribution >= 0.6 is 27.5 Å². The van der Waals surface area contributed by atoms with E-state index in [4.69, 9.17) is 11.6 Å². The van der Waals surface area contributed by atoms with E-state index in [1.807, 2.05) is 0 Å². The van der Waals surface area contributed by atoms with Crippen molar-refractivity contribution in [3.05, 3.63) is 58.0 Å². The Balaban J connectivity index is 2.44.